The van der Waals surface area contributed by atoms with Crippen LogP contribution in [-0.2, 0) is 4.79 Å². The number of methoxy groups -OCH3 is 1. The molecule has 1 heterocycles. The Morgan fingerprint density at radius 1 is 1.45 bits per heavy atom. The zero-order chi connectivity index (χ0) is 14.5. The lowest BCUT2D eigenvalue weighted by Gasteiger charge is -2.28. The Hall–Kier alpha value is -1.88. The number of aliphatic hydroxyl groups excluding tert-OH is 1. The molecule has 2 rings (SSSR count). The van der Waals surface area contributed by atoms with Gasteiger partial charge < -0.3 is 14.7 Å². The van der Waals surface area contributed by atoms with Crippen LogP contribution in [0.15, 0.2) is 24.3 Å². The van der Waals surface area contributed by atoms with E-state index in [1.165, 1.54) is 25.3 Å². The van der Waals surface area contributed by atoms with Crippen LogP contribution >= 0.6 is 0 Å². The number of aliphatic hydroxyl groups is 1. The fourth-order valence-electron chi connectivity index (χ4n) is 2.15. The Kier molecular flexibility index (Phi) is 4.74. The minimum absolute atomic E-state index is 0.117. The Labute approximate surface area is 117 Å². The summed E-state index contributed by atoms with van der Waals surface area (Å²) in [5.41, 5.74) is 0.605. The number of hydrogen-bond donors (Lipinski definition) is 1. The SMILES string of the molecule is COc1ccc(/C=C/C(=O)N2CCC(O)CC2)cc1F. The van der Waals surface area contributed by atoms with Gasteiger partial charge in [0, 0.05) is 19.2 Å². The topological polar surface area (TPSA) is 49.8 Å². The van der Waals surface area contributed by atoms with Crippen molar-refractivity contribution in [2.45, 2.75) is 18.9 Å². The monoisotopic (exact) mass is 279 g/mol. The molecule has 1 saturated heterocycles. The van der Waals surface area contributed by atoms with E-state index in [-0.39, 0.29) is 17.8 Å². The third kappa shape index (κ3) is 3.57. The molecule has 0 radical (unpaired) electrons. The number of likely N-dealkylation sites (tertiary alicyclic amines) is 1. The maximum atomic E-state index is 13.5. The minimum atomic E-state index is -0.455. The van der Waals surface area contributed by atoms with Crippen molar-refractivity contribution in [3.8, 4) is 5.75 Å². The molecule has 1 aromatic rings. The van der Waals surface area contributed by atoms with Crippen molar-refractivity contribution >= 4 is 12.0 Å². The number of hydrogen-bond acceptors (Lipinski definition) is 3. The molecule has 0 saturated carbocycles. The second-order valence-corrected chi connectivity index (χ2v) is 4.78. The van der Waals surface area contributed by atoms with Crippen molar-refractivity contribution < 1.29 is 19.0 Å². The molecular formula is C15H18FNO3. The predicted octanol–water partition coefficient (Wildman–Crippen LogP) is 1.83. The number of nitrogens with zero attached hydrogens (tertiary/aromatic N) is 1. The lowest BCUT2D eigenvalue weighted by Crippen LogP contribution is -2.39. The first kappa shape index (κ1) is 14.5. The third-order valence-electron chi connectivity index (χ3n) is 3.37. The largest absolute Gasteiger partial charge is 0.494 e. The van der Waals surface area contributed by atoms with Gasteiger partial charge in [-0.3, -0.25) is 4.79 Å². The van der Waals surface area contributed by atoms with Gasteiger partial charge in [-0.15, -0.1) is 0 Å². The van der Waals surface area contributed by atoms with Crippen molar-refractivity contribution in [2.24, 2.45) is 0 Å². The van der Waals surface area contributed by atoms with E-state index in [9.17, 15) is 14.3 Å². The van der Waals surface area contributed by atoms with E-state index in [1.54, 1.807) is 17.0 Å². The first-order valence-corrected chi connectivity index (χ1v) is 6.58. The van der Waals surface area contributed by atoms with Crippen LogP contribution in [0.1, 0.15) is 18.4 Å². The molecule has 0 aliphatic carbocycles. The number of rotatable bonds is 3. The van der Waals surface area contributed by atoms with E-state index in [1.807, 2.05) is 0 Å². The highest BCUT2D eigenvalue weighted by Crippen LogP contribution is 2.18. The maximum Gasteiger partial charge on any atom is 0.246 e. The second kappa shape index (κ2) is 6.52. The van der Waals surface area contributed by atoms with Gasteiger partial charge in [0.25, 0.3) is 0 Å². The summed E-state index contributed by atoms with van der Waals surface area (Å²) in [5.74, 6) is -0.394. The molecule has 0 spiro atoms. The number of ether oxygens (including phenoxy) is 1. The summed E-state index contributed by atoms with van der Waals surface area (Å²) in [4.78, 5) is 13.6. The van der Waals surface area contributed by atoms with E-state index in [0.29, 0.717) is 31.5 Å². The number of piperidine rings is 1. The Morgan fingerprint density at radius 3 is 2.75 bits per heavy atom. The fourth-order valence-corrected chi connectivity index (χ4v) is 2.15. The normalized spacial score (nSPS) is 16.6. The van der Waals surface area contributed by atoms with Gasteiger partial charge in [0.05, 0.1) is 13.2 Å². The van der Waals surface area contributed by atoms with Crippen LogP contribution in [0, 0.1) is 5.82 Å². The number of carbonyl (C=O) groups is 1. The van der Waals surface area contributed by atoms with Crippen LogP contribution < -0.4 is 4.74 Å². The summed E-state index contributed by atoms with van der Waals surface area (Å²) in [6.45, 7) is 1.11. The summed E-state index contributed by atoms with van der Waals surface area (Å²) in [6.07, 6.45) is 3.92. The Morgan fingerprint density at radius 2 is 2.15 bits per heavy atom. The summed E-state index contributed by atoms with van der Waals surface area (Å²) in [7, 11) is 1.40. The minimum Gasteiger partial charge on any atom is -0.494 e. The maximum absolute atomic E-state index is 13.5. The zero-order valence-electron chi connectivity index (χ0n) is 11.4. The second-order valence-electron chi connectivity index (χ2n) is 4.78. The van der Waals surface area contributed by atoms with Gasteiger partial charge in [-0.05, 0) is 36.6 Å². The Bertz CT molecular complexity index is 508. The van der Waals surface area contributed by atoms with Gasteiger partial charge in [0.2, 0.25) is 5.91 Å². The molecule has 1 aromatic carbocycles. The van der Waals surface area contributed by atoms with Crippen LogP contribution in [0.5, 0.6) is 5.75 Å². The zero-order valence-corrected chi connectivity index (χ0v) is 11.4. The number of benzene rings is 1. The van der Waals surface area contributed by atoms with Gasteiger partial charge in [-0.25, -0.2) is 4.39 Å². The lowest BCUT2D eigenvalue weighted by atomic mass is 10.1. The van der Waals surface area contributed by atoms with Crippen molar-refractivity contribution in [3.63, 3.8) is 0 Å². The molecule has 5 heteroatoms. The van der Waals surface area contributed by atoms with Crippen molar-refractivity contribution in [2.75, 3.05) is 20.2 Å². The number of halogens is 1. The molecule has 0 aromatic heterocycles. The van der Waals surface area contributed by atoms with Gasteiger partial charge in [0.1, 0.15) is 0 Å². The van der Waals surface area contributed by atoms with Crippen molar-refractivity contribution in [1.82, 2.24) is 4.90 Å². The number of carbonyl (C=O) groups excluding carboxylic acids is 1. The summed E-state index contributed by atoms with van der Waals surface area (Å²) < 4.78 is 18.3. The smallest absolute Gasteiger partial charge is 0.246 e. The molecule has 1 N–H and O–H groups in total. The first-order chi connectivity index (χ1) is 9.60. The average Bonchev–Trinajstić information content (AvgIpc) is 2.45. The van der Waals surface area contributed by atoms with Crippen molar-refractivity contribution in [3.05, 3.63) is 35.7 Å². The molecule has 20 heavy (non-hydrogen) atoms. The van der Waals surface area contributed by atoms with Gasteiger partial charge in [-0.1, -0.05) is 6.07 Å². The third-order valence-corrected chi connectivity index (χ3v) is 3.37. The summed E-state index contributed by atoms with van der Waals surface area (Å²) >= 11 is 0. The van der Waals surface area contributed by atoms with Crippen LogP contribution in [0.2, 0.25) is 0 Å². The molecule has 1 aliphatic rings. The average molecular weight is 279 g/mol. The lowest BCUT2D eigenvalue weighted by molar-refractivity contribution is -0.127. The quantitative estimate of drug-likeness (QED) is 0.859. The summed E-state index contributed by atoms with van der Waals surface area (Å²) in [6, 6.07) is 4.53. The molecule has 0 unspecified atom stereocenters. The molecule has 1 aliphatic heterocycles. The molecule has 0 bridgehead atoms. The van der Waals surface area contributed by atoms with E-state index in [4.69, 9.17) is 4.74 Å². The van der Waals surface area contributed by atoms with Crippen LogP contribution in [0.3, 0.4) is 0 Å². The molecule has 0 atom stereocenters. The molecule has 1 amide bonds. The van der Waals surface area contributed by atoms with Crippen LogP contribution in [-0.4, -0.2) is 42.2 Å². The van der Waals surface area contributed by atoms with Gasteiger partial charge >= 0.3 is 0 Å². The van der Waals surface area contributed by atoms with Crippen molar-refractivity contribution in [1.29, 1.82) is 0 Å². The van der Waals surface area contributed by atoms with E-state index in [0.717, 1.165) is 0 Å². The van der Waals surface area contributed by atoms with E-state index >= 15 is 0 Å². The highest BCUT2D eigenvalue weighted by molar-refractivity contribution is 5.91. The summed E-state index contributed by atoms with van der Waals surface area (Å²) in [5, 5.41) is 9.39. The first-order valence-electron chi connectivity index (χ1n) is 6.58. The molecule has 108 valence electrons. The Balaban J connectivity index is 1.98. The van der Waals surface area contributed by atoms with Gasteiger partial charge in [0.15, 0.2) is 11.6 Å². The number of amides is 1. The standard InChI is InChI=1S/C15H18FNO3/c1-20-14-4-2-11(10-13(14)16)3-5-15(19)17-8-6-12(18)7-9-17/h2-5,10,12,18H,6-9H2,1H3/b5-3+. The fraction of sp³-hybridized carbons (Fsp3) is 0.400. The van der Waals surface area contributed by atoms with Gasteiger partial charge in [-0.2, -0.15) is 0 Å². The van der Waals surface area contributed by atoms with Crippen LogP contribution in [0.4, 0.5) is 4.39 Å². The molecule has 1 fully saturated rings. The van der Waals surface area contributed by atoms with Crippen LogP contribution in [0.25, 0.3) is 6.08 Å². The van der Waals surface area contributed by atoms with E-state index in [2.05, 4.69) is 0 Å². The predicted molar refractivity (Wildman–Crippen MR) is 73.8 cm³/mol. The van der Waals surface area contributed by atoms with E-state index < -0.39 is 5.82 Å². The highest BCUT2D eigenvalue weighted by atomic mass is 19.1. The highest BCUT2D eigenvalue weighted by Gasteiger charge is 2.19. The molecular weight excluding hydrogens is 261 g/mol. The molecule has 4 nitrogen and oxygen atoms in total.